The predicted octanol–water partition coefficient (Wildman–Crippen LogP) is 4.65. The number of ether oxygens (including phenoxy) is 4. The van der Waals surface area contributed by atoms with Gasteiger partial charge >= 0.3 is 23.9 Å². The second-order valence-corrected chi connectivity index (χ2v) is 11.8. The summed E-state index contributed by atoms with van der Waals surface area (Å²) in [6.07, 6.45) is -0.242. The Labute approximate surface area is 278 Å². The Morgan fingerprint density at radius 3 is 1.10 bits per heavy atom. The van der Waals surface area contributed by atoms with Gasteiger partial charge in [0, 0.05) is 37.3 Å². The first-order valence-electron chi connectivity index (χ1n) is 15.5. The van der Waals surface area contributed by atoms with Crippen molar-refractivity contribution in [2.75, 3.05) is 38.2 Å². The molecule has 0 unspecified atom stereocenters. The van der Waals surface area contributed by atoms with Gasteiger partial charge in [-0.2, -0.15) is 0 Å². The molecule has 10 heteroatoms. The Bertz CT molecular complexity index is 1710. The molecule has 48 heavy (non-hydrogen) atoms. The van der Waals surface area contributed by atoms with Crippen LogP contribution in [0.2, 0.25) is 0 Å². The van der Waals surface area contributed by atoms with E-state index in [1.165, 1.54) is 28.4 Å². The van der Waals surface area contributed by atoms with Gasteiger partial charge in [-0.3, -0.25) is 0 Å². The molecule has 0 saturated carbocycles. The number of esters is 4. The third kappa shape index (κ3) is 4.95. The molecule has 0 atom stereocenters. The smallest absolute Gasteiger partial charge is 0.343 e. The number of hydrogen-bond acceptors (Lipinski definition) is 10. The van der Waals surface area contributed by atoms with Crippen molar-refractivity contribution in [1.29, 1.82) is 0 Å². The van der Waals surface area contributed by atoms with Crippen LogP contribution in [0, 0.1) is 0 Å². The van der Waals surface area contributed by atoms with Crippen LogP contribution in [0.15, 0.2) is 97.1 Å². The quantitative estimate of drug-likeness (QED) is 0.166. The first-order valence-corrected chi connectivity index (χ1v) is 15.5. The van der Waals surface area contributed by atoms with Gasteiger partial charge < -0.3 is 28.7 Å². The number of para-hydroxylation sites is 2. The molecule has 0 amide bonds. The lowest BCUT2D eigenvalue weighted by Gasteiger charge is -2.45. The molecule has 246 valence electrons. The number of nitrogens with zero attached hydrogens (tertiary/aromatic N) is 2. The molecular weight excluding hydrogens is 612 g/mol. The zero-order valence-corrected chi connectivity index (χ0v) is 27.2. The number of anilines is 2. The van der Waals surface area contributed by atoms with Crippen molar-refractivity contribution in [1.82, 2.24) is 0 Å². The summed E-state index contributed by atoms with van der Waals surface area (Å²) >= 11 is 0. The van der Waals surface area contributed by atoms with Crippen molar-refractivity contribution in [2.45, 2.75) is 37.0 Å². The van der Waals surface area contributed by atoms with Crippen molar-refractivity contribution in [3.63, 3.8) is 0 Å². The summed E-state index contributed by atoms with van der Waals surface area (Å²) in [5, 5.41) is 0. The summed E-state index contributed by atoms with van der Waals surface area (Å²) in [5.74, 6) is -3.13. The number of carbonyl (C=O) groups excluding carboxylic acids is 4. The highest BCUT2D eigenvalue weighted by Crippen LogP contribution is 2.46. The van der Waals surface area contributed by atoms with Gasteiger partial charge in [0.05, 0.1) is 28.4 Å². The Morgan fingerprint density at radius 1 is 0.458 bits per heavy atom. The van der Waals surface area contributed by atoms with E-state index in [9.17, 15) is 19.2 Å². The monoisotopic (exact) mass is 648 g/mol. The average Bonchev–Trinajstić information content (AvgIpc) is 3.12. The minimum Gasteiger partial charge on any atom is -0.467 e. The fraction of sp³-hybridized carbons (Fsp3) is 0.263. The maximum absolute atomic E-state index is 14.0. The van der Waals surface area contributed by atoms with Crippen LogP contribution in [0.5, 0.6) is 0 Å². The highest BCUT2D eigenvalue weighted by molar-refractivity contribution is 6.10. The van der Waals surface area contributed by atoms with E-state index in [1.807, 2.05) is 91.0 Å². The summed E-state index contributed by atoms with van der Waals surface area (Å²) in [6.45, 7) is 0.269. The minimum absolute atomic E-state index is 0.121. The number of rotatable bonds is 6. The molecule has 2 aliphatic rings. The van der Waals surface area contributed by atoms with E-state index in [-0.39, 0.29) is 25.9 Å². The lowest BCUT2D eigenvalue weighted by molar-refractivity contribution is -0.163. The van der Waals surface area contributed by atoms with Gasteiger partial charge in [-0.15, -0.1) is 0 Å². The standard InChI is InChI=1S/C38H36N2O8/c1-45-33(41)37(34(42)46-2)21-25-13-11-14-26-22-38(35(43)47-3,36(44)48-4)40(30-19-9-6-10-20-30)24-28-16-12-15-27(32(28)31(25)26)23-39(37)29-17-7-5-8-18-29/h5-20H,21-24H2,1-4H3. The molecule has 2 heterocycles. The molecule has 0 bridgehead atoms. The lowest BCUT2D eigenvalue weighted by Crippen LogP contribution is -2.64. The topological polar surface area (TPSA) is 112 Å². The van der Waals surface area contributed by atoms with E-state index in [4.69, 9.17) is 18.9 Å². The van der Waals surface area contributed by atoms with E-state index in [2.05, 4.69) is 0 Å². The van der Waals surface area contributed by atoms with Crippen LogP contribution in [0.3, 0.4) is 0 Å². The van der Waals surface area contributed by atoms with Crippen LogP contribution in [-0.4, -0.2) is 63.4 Å². The second kappa shape index (κ2) is 12.9. The summed E-state index contributed by atoms with van der Waals surface area (Å²) < 4.78 is 21.4. The largest absolute Gasteiger partial charge is 0.467 e. The fourth-order valence-electron chi connectivity index (χ4n) is 7.27. The zero-order chi connectivity index (χ0) is 34.1. The molecule has 2 aliphatic heterocycles. The number of benzene rings is 4. The third-order valence-electron chi connectivity index (χ3n) is 9.42. The van der Waals surface area contributed by atoms with E-state index < -0.39 is 35.0 Å². The molecule has 6 rings (SSSR count). The maximum Gasteiger partial charge on any atom is 0.343 e. The molecule has 0 N–H and O–H groups in total. The Morgan fingerprint density at radius 2 is 0.771 bits per heavy atom. The summed E-state index contributed by atoms with van der Waals surface area (Å²) in [7, 11) is 4.98. The lowest BCUT2D eigenvalue weighted by atomic mass is 9.75. The SMILES string of the molecule is COC(=O)C1(C(=O)OC)Cc2cccc3c2-c2c(cccc2CN(c2ccccc2)C(C(=O)OC)(C(=O)OC)C3)CN1c1ccccc1. The van der Waals surface area contributed by atoms with Crippen LogP contribution in [0.4, 0.5) is 11.4 Å². The van der Waals surface area contributed by atoms with Crippen LogP contribution in [0.25, 0.3) is 11.1 Å². The molecule has 0 saturated heterocycles. The van der Waals surface area contributed by atoms with Crippen molar-refractivity contribution >= 4 is 35.3 Å². The second-order valence-electron chi connectivity index (χ2n) is 11.8. The molecular formula is C38H36N2O8. The molecule has 0 aliphatic carbocycles. The average molecular weight is 649 g/mol. The van der Waals surface area contributed by atoms with Crippen LogP contribution in [-0.2, 0) is 64.1 Å². The highest BCUT2D eigenvalue weighted by Gasteiger charge is 2.57. The first kappa shape index (κ1) is 32.3. The summed E-state index contributed by atoms with van der Waals surface area (Å²) in [5.41, 5.74) is 1.91. The van der Waals surface area contributed by atoms with Crippen molar-refractivity contribution in [3.8, 4) is 11.1 Å². The number of carbonyl (C=O) groups is 4. The molecule has 0 fully saturated rings. The van der Waals surface area contributed by atoms with Gasteiger partial charge in [0.25, 0.3) is 0 Å². The van der Waals surface area contributed by atoms with Crippen LogP contribution in [0.1, 0.15) is 22.3 Å². The molecule has 0 spiro atoms. The van der Waals surface area contributed by atoms with Gasteiger partial charge in [-0.25, -0.2) is 19.2 Å². The number of hydrogen-bond donors (Lipinski definition) is 0. The first-order chi connectivity index (χ1) is 23.3. The van der Waals surface area contributed by atoms with Crippen molar-refractivity contribution in [2.24, 2.45) is 0 Å². The molecule has 4 aromatic carbocycles. The third-order valence-corrected chi connectivity index (χ3v) is 9.42. The summed E-state index contributed by atoms with van der Waals surface area (Å²) in [6, 6.07) is 29.7. The van der Waals surface area contributed by atoms with Gasteiger partial charge in [0.15, 0.2) is 0 Å². The Balaban J connectivity index is 1.71. The van der Waals surface area contributed by atoms with E-state index in [1.54, 1.807) is 15.9 Å². The molecule has 10 nitrogen and oxygen atoms in total. The van der Waals surface area contributed by atoms with Crippen molar-refractivity contribution < 1.29 is 38.1 Å². The fourth-order valence-corrected chi connectivity index (χ4v) is 7.27. The van der Waals surface area contributed by atoms with Crippen molar-refractivity contribution in [3.05, 3.63) is 119 Å². The summed E-state index contributed by atoms with van der Waals surface area (Å²) in [4.78, 5) is 59.5. The normalized spacial score (nSPS) is 15.8. The van der Waals surface area contributed by atoms with Crippen LogP contribution >= 0.6 is 0 Å². The van der Waals surface area contributed by atoms with Crippen LogP contribution < -0.4 is 9.80 Å². The Kier molecular flexibility index (Phi) is 8.66. The minimum atomic E-state index is -1.92. The van der Waals surface area contributed by atoms with E-state index >= 15 is 0 Å². The van der Waals surface area contributed by atoms with Gasteiger partial charge in [0.1, 0.15) is 0 Å². The van der Waals surface area contributed by atoms with E-state index in [0.29, 0.717) is 22.5 Å². The van der Waals surface area contributed by atoms with Gasteiger partial charge in [0.2, 0.25) is 11.1 Å². The molecule has 0 radical (unpaired) electrons. The van der Waals surface area contributed by atoms with E-state index in [0.717, 1.165) is 22.3 Å². The maximum atomic E-state index is 14.0. The predicted molar refractivity (Wildman–Crippen MR) is 178 cm³/mol. The number of methoxy groups -OCH3 is 4. The molecule has 4 aromatic rings. The highest BCUT2D eigenvalue weighted by atomic mass is 16.6. The van der Waals surface area contributed by atoms with Gasteiger partial charge in [-0.1, -0.05) is 72.8 Å². The van der Waals surface area contributed by atoms with Gasteiger partial charge in [-0.05, 0) is 57.6 Å². The Hall–Kier alpha value is -5.64. The zero-order valence-electron chi connectivity index (χ0n) is 27.2. The molecule has 0 aromatic heterocycles.